The van der Waals surface area contributed by atoms with Gasteiger partial charge in [-0.2, -0.15) is 10.4 Å². The number of ether oxygens (including phenoxy) is 4. The molecule has 1 aromatic rings. The SMILES string of the molecule is CCC1=NN(CCOC)C(NC(=O)/C(C#N)=C\c2ccc(OCCOC)c(OC)c2)S1. The van der Waals surface area contributed by atoms with Crippen molar-refractivity contribution in [2.24, 2.45) is 5.10 Å². The van der Waals surface area contributed by atoms with Gasteiger partial charge in [-0.3, -0.25) is 9.80 Å². The predicted molar refractivity (Wildman–Crippen MR) is 120 cm³/mol. The van der Waals surface area contributed by atoms with Gasteiger partial charge in [0.05, 0.1) is 31.9 Å². The van der Waals surface area contributed by atoms with Gasteiger partial charge in [0.1, 0.15) is 18.2 Å². The van der Waals surface area contributed by atoms with Crippen LogP contribution in [-0.2, 0) is 14.3 Å². The molecule has 0 bridgehead atoms. The Hall–Kier alpha value is -2.74. The zero-order valence-electron chi connectivity index (χ0n) is 18.2. The van der Waals surface area contributed by atoms with Crippen LogP contribution in [0.15, 0.2) is 28.9 Å². The Bertz CT molecular complexity index is 853. The number of benzene rings is 1. The number of nitriles is 1. The minimum Gasteiger partial charge on any atom is -0.493 e. The minimum absolute atomic E-state index is 0.0210. The normalized spacial score (nSPS) is 16.0. The van der Waals surface area contributed by atoms with Crippen LogP contribution in [0.4, 0.5) is 0 Å². The van der Waals surface area contributed by atoms with Gasteiger partial charge in [-0.1, -0.05) is 24.8 Å². The molecule has 1 unspecified atom stereocenters. The van der Waals surface area contributed by atoms with Gasteiger partial charge >= 0.3 is 0 Å². The molecular weight excluding hydrogens is 420 g/mol. The van der Waals surface area contributed by atoms with Crippen molar-refractivity contribution in [3.05, 3.63) is 29.3 Å². The highest BCUT2D eigenvalue weighted by atomic mass is 32.2. The van der Waals surface area contributed by atoms with Gasteiger partial charge in [-0.05, 0) is 30.2 Å². The minimum atomic E-state index is -0.477. The van der Waals surface area contributed by atoms with Gasteiger partial charge in [0.15, 0.2) is 17.0 Å². The lowest BCUT2D eigenvalue weighted by atomic mass is 10.1. The van der Waals surface area contributed by atoms with Crippen LogP contribution in [0.1, 0.15) is 18.9 Å². The van der Waals surface area contributed by atoms with Gasteiger partial charge in [0, 0.05) is 14.2 Å². The highest BCUT2D eigenvalue weighted by Gasteiger charge is 2.28. The first kappa shape index (κ1) is 24.5. The fourth-order valence-electron chi connectivity index (χ4n) is 2.65. The van der Waals surface area contributed by atoms with Crippen molar-refractivity contribution in [3.63, 3.8) is 0 Å². The van der Waals surface area contributed by atoms with Crippen molar-refractivity contribution in [1.82, 2.24) is 10.3 Å². The molecule has 1 atom stereocenters. The van der Waals surface area contributed by atoms with Crippen LogP contribution in [0.5, 0.6) is 11.5 Å². The lowest BCUT2D eigenvalue weighted by Crippen LogP contribution is -2.43. The molecule has 1 aromatic carbocycles. The Morgan fingerprint density at radius 1 is 1.26 bits per heavy atom. The van der Waals surface area contributed by atoms with E-state index in [1.165, 1.54) is 24.9 Å². The van der Waals surface area contributed by atoms with Crippen molar-refractivity contribution >= 4 is 28.8 Å². The van der Waals surface area contributed by atoms with E-state index in [-0.39, 0.29) is 11.1 Å². The Morgan fingerprint density at radius 2 is 2.03 bits per heavy atom. The average molecular weight is 449 g/mol. The van der Waals surface area contributed by atoms with E-state index in [2.05, 4.69) is 10.4 Å². The molecule has 9 nitrogen and oxygen atoms in total. The summed E-state index contributed by atoms with van der Waals surface area (Å²) < 4.78 is 21.1. The number of carbonyl (C=O) groups excluding carboxylic acids is 1. The Morgan fingerprint density at radius 3 is 2.68 bits per heavy atom. The molecule has 1 heterocycles. The number of rotatable bonds is 12. The smallest absolute Gasteiger partial charge is 0.264 e. The standard InChI is InChI=1S/C21H28N4O5S/c1-5-19-24-25(8-9-27-2)21(31-19)23-20(26)16(14-22)12-15-6-7-17(18(13-15)29-4)30-11-10-28-3/h6-7,12-13,21H,5,8-11H2,1-4H3,(H,23,26)/b16-12-. The first-order valence-electron chi connectivity index (χ1n) is 9.78. The average Bonchev–Trinajstić information content (AvgIpc) is 3.18. The molecule has 0 aromatic heterocycles. The van der Waals surface area contributed by atoms with E-state index in [1.54, 1.807) is 37.4 Å². The summed E-state index contributed by atoms with van der Waals surface area (Å²) in [7, 11) is 4.74. The summed E-state index contributed by atoms with van der Waals surface area (Å²) in [6.45, 7) is 3.85. The number of hydrogen-bond donors (Lipinski definition) is 1. The van der Waals surface area contributed by atoms with E-state index >= 15 is 0 Å². The fourth-order valence-corrected chi connectivity index (χ4v) is 3.67. The molecule has 1 aliphatic heterocycles. The molecule has 10 heteroatoms. The summed E-state index contributed by atoms with van der Waals surface area (Å²) >= 11 is 1.45. The first-order valence-corrected chi connectivity index (χ1v) is 10.7. The number of hydrazone groups is 1. The first-order chi connectivity index (χ1) is 15.1. The van der Waals surface area contributed by atoms with Crippen LogP contribution in [0.2, 0.25) is 0 Å². The quantitative estimate of drug-likeness (QED) is 0.295. The number of nitrogens with one attached hydrogen (secondary N) is 1. The summed E-state index contributed by atoms with van der Waals surface area (Å²) in [5.41, 5.74) is 0.233. The molecule has 1 aliphatic rings. The molecule has 1 amide bonds. The van der Waals surface area contributed by atoms with Crippen molar-refractivity contribution in [1.29, 1.82) is 5.26 Å². The second-order valence-electron chi connectivity index (χ2n) is 6.37. The topological polar surface area (TPSA) is 105 Å². The van der Waals surface area contributed by atoms with Crippen LogP contribution < -0.4 is 14.8 Å². The number of carbonyl (C=O) groups is 1. The number of nitrogens with zero attached hydrogens (tertiary/aromatic N) is 3. The van der Waals surface area contributed by atoms with Gasteiger partial charge < -0.3 is 24.3 Å². The second kappa shape index (κ2) is 12.8. The molecule has 2 rings (SSSR count). The maximum atomic E-state index is 12.8. The van der Waals surface area contributed by atoms with Crippen LogP contribution in [0, 0.1) is 11.3 Å². The van der Waals surface area contributed by atoms with E-state index < -0.39 is 5.91 Å². The molecule has 0 saturated carbocycles. The van der Waals surface area contributed by atoms with Gasteiger partial charge in [-0.25, -0.2) is 0 Å². The number of thioether (sulfide) groups is 1. The van der Waals surface area contributed by atoms with Crippen LogP contribution in [0.3, 0.4) is 0 Å². The fraction of sp³-hybridized carbons (Fsp3) is 0.476. The third-order valence-corrected chi connectivity index (χ3v) is 5.48. The van der Waals surface area contributed by atoms with Crippen LogP contribution >= 0.6 is 11.8 Å². The summed E-state index contributed by atoms with van der Waals surface area (Å²) in [5, 5.41) is 19.6. The van der Waals surface area contributed by atoms with E-state index in [9.17, 15) is 10.1 Å². The lowest BCUT2D eigenvalue weighted by molar-refractivity contribution is -0.118. The molecule has 1 N–H and O–H groups in total. The third-order valence-electron chi connectivity index (χ3n) is 4.25. The number of methoxy groups -OCH3 is 3. The van der Waals surface area contributed by atoms with Crippen LogP contribution in [0.25, 0.3) is 6.08 Å². The molecular formula is C21H28N4O5S. The Balaban J connectivity index is 2.12. The largest absolute Gasteiger partial charge is 0.493 e. The van der Waals surface area contributed by atoms with Crippen molar-refractivity contribution < 1.29 is 23.7 Å². The van der Waals surface area contributed by atoms with Crippen molar-refractivity contribution in [3.8, 4) is 17.6 Å². The number of hydrogen-bond acceptors (Lipinski definition) is 9. The predicted octanol–water partition coefficient (Wildman–Crippen LogP) is 2.45. The molecule has 168 valence electrons. The zero-order valence-corrected chi connectivity index (χ0v) is 19.0. The van der Waals surface area contributed by atoms with E-state index in [4.69, 9.17) is 18.9 Å². The summed E-state index contributed by atoms with van der Waals surface area (Å²) in [5.74, 6) is 0.579. The summed E-state index contributed by atoms with van der Waals surface area (Å²) in [6.07, 6.45) is 2.28. The molecule has 31 heavy (non-hydrogen) atoms. The molecule has 0 saturated heterocycles. The highest BCUT2D eigenvalue weighted by Crippen LogP contribution is 2.29. The molecule has 0 spiro atoms. The molecule has 0 radical (unpaired) electrons. The molecule has 0 aliphatic carbocycles. The molecule has 0 fully saturated rings. The number of amides is 1. The lowest BCUT2D eigenvalue weighted by Gasteiger charge is -2.22. The van der Waals surface area contributed by atoms with E-state index in [0.29, 0.717) is 43.4 Å². The van der Waals surface area contributed by atoms with Crippen molar-refractivity contribution in [2.45, 2.75) is 18.8 Å². The zero-order chi connectivity index (χ0) is 22.6. The van der Waals surface area contributed by atoms with Gasteiger partial charge in [-0.15, -0.1) is 0 Å². The summed E-state index contributed by atoms with van der Waals surface area (Å²) in [6, 6.07) is 7.16. The van der Waals surface area contributed by atoms with Crippen LogP contribution in [-0.4, -0.2) is 69.2 Å². The van der Waals surface area contributed by atoms with Gasteiger partial charge in [0.25, 0.3) is 5.91 Å². The maximum absolute atomic E-state index is 12.8. The monoisotopic (exact) mass is 448 g/mol. The Labute approximate surface area is 187 Å². The third kappa shape index (κ3) is 7.17. The Kier molecular flexibility index (Phi) is 10.2. The van der Waals surface area contributed by atoms with E-state index in [0.717, 1.165) is 11.5 Å². The maximum Gasteiger partial charge on any atom is 0.264 e. The highest BCUT2D eigenvalue weighted by molar-refractivity contribution is 8.14. The summed E-state index contributed by atoms with van der Waals surface area (Å²) in [4.78, 5) is 12.8. The van der Waals surface area contributed by atoms with E-state index in [1.807, 2.05) is 13.0 Å². The van der Waals surface area contributed by atoms with Crippen molar-refractivity contribution in [2.75, 3.05) is 47.7 Å². The second-order valence-corrected chi connectivity index (χ2v) is 7.52. The van der Waals surface area contributed by atoms with Gasteiger partial charge in [0.2, 0.25) is 0 Å².